The van der Waals surface area contributed by atoms with Gasteiger partial charge in [0.05, 0.1) is 11.8 Å². The van der Waals surface area contributed by atoms with Crippen LogP contribution in [-0.4, -0.2) is 51.6 Å². The van der Waals surface area contributed by atoms with E-state index in [1.165, 1.54) is 9.80 Å². The molecule has 4 amide bonds. The van der Waals surface area contributed by atoms with Crippen LogP contribution < -0.4 is 5.32 Å². The number of carbonyl (C=O) groups is 4. The number of nitrogens with one attached hydrogen (secondary N) is 1. The molecule has 2 aliphatic rings. The summed E-state index contributed by atoms with van der Waals surface area (Å²) in [6.45, 7) is 7.55. The van der Waals surface area contributed by atoms with Gasteiger partial charge in [0, 0.05) is 30.1 Å². The van der Waals surface area contributed by atoms with E-state index < -0.39 is 11.6 Å². The second-order valence-corrected chi connectivity index (χ2v) is 10.2. The largest absolute Gasteiger partial charge is 0.350 e. The molecule has 0 radical (unpaired) electrons. The standard InChI is InChI=1S/C25H32ClN3O4/c1-16(22(31)27-25(2,3)4)29(15-17-9-11-18(26)12-10-17)21(30)13-14-28-23(32)19-7-5-6-8-20(19)24(28)33/h5-6,9-12,16,19-20H,7-8,13-15H2,1-4H3,(H,27,31)/t16-,19-,20+/m1/s1. The molecule has 1 heterocycles. The molecule has 0 spiro atoms. The minimum Gasteiger partial charge on any atom is -0.350 e. The van der Waals surface area contributed by atoms with Crippen molar-refractivity contribution >= 4 is 35.2 Å². The van der Waals surface area contributed by atoms with Gasteiger partial charge < -0.3 is 10.2 Å². The van der Waals surface area contributed by atoms with Crippen molar-refractivity contribution < 1.29 is 19.2 Å². The topological polar surface area (TPSA) is 86.8 Å². The maximum absolute atomic E-state index is 13.3. The molecular formula is C25H32ClN3O4. The number of rotatable bonds is 7. The van der Waals surface area contributed by atoms with Gasteiger partial charge in [-0.05, 0) is 58.2 Å². The molecule has 178 valence electrons. The number of imide groups is 1. The lowest BCUT2D eigenvalue weighted by Crippen LogP contribution is -2.52. The molecule has 0 saturated carbocycles. The molecule has 1 N–H and O–H groups in total. The first kappa shape index (κ1) is 25.0. The highest BCUT2D eigenvalue weighted by molar-refractivity contribution is 6.30. The summed E-state index contributed by atoms with van der Waals surface area (Å²) in [6.07, 6.45) is 4.96. The number of hydrogen-bond donors (Lipinski definition) is 1. The van der Waals surface area contributed by atoms with Gasteiger partial charge in [-0.2, -0.15) is 0 Å². The Morgan fingerprint density at radius 2 is 1.64 bits per heavy atom. The van der Waals surface area contributed by atoms with Crippen LogP contribution in [0.4, 0.5) is 0 Å². The third-order valence-electron chi connectivity index (χ3n) is 6.08. The Bertz CT molecular complexity index is 925. The fourth-order valence-corrected chi connectivity index (χ4v) is 4.41. The van der Waals surface area contributed by atoms with Crippen LogP contribution in [0, 0.1) is 11.8 Å². The molecule has 0 unspecified atom stereocenters. The van der Waals surface area contributed by atoms with E-state index in [0.717, 1.165) is 5.56 Å². The van der Waals surface area contributed by atoms with Crippen molar-refractivity contribution in [2.45, 2.75) is 65.1 Å². The molecule has 1 saturated heterocycles. The van der Waals surface area contributed by atoms with Crippen LogP contribution in [0.2, 0.25) is 5.02 Å². The molecule has 7 nitrogen and oxygen atoms in total. The van der Waals surface area contributed by atoms with Crippen molar-refractivity contribution in [1.82, 2.24) is 15.1 Å². The average molecular weight is 474 g/mol. The molecule has 1 aromatic rings. The quantitative estimate of drug-likeness (QED) is 0.486. The first-order valence-electron chi connectivity index (χ1n) is 11.3. The lowest BCUT2D eigenvalue weighted by atomic mass is 9.85. The Morgan fingerprint density at radius 3 is 2.15 bits per heavy atom. The summed E-state index contributed by atoms with van der Waals surface area (Å²) < 4.78 is 0. The van der Waals surface area contributed by atoms with Gasteiger partial charge in [0.15, 0.2) is 0 Å². The van der Waals surface area contributed by atoms with Crippen LogP contribution in [0.1, 0.15) is 52.5 Å². The molecule has 0 aromatic heterocycles. The van der Waals surface area contributed by atoms with Crippen molar-refractivity contribution in [1.29, 1.82) is 0 Å². The lowest BCUT2D eigenvalue weighted by molar-refractivity contribution is -0.144. The van der Waals surface area contributed by atoms with E-state index in [1.807, 2.05) is 45.1 Å². The van der Waals surface area contributed by atoms with Gasteiger partial charge in [0.1, 0.15) is 6.04 Å². The number of allylic oxidation sites excluding steroid dienone is 2. The minimum atomic E-state index is -0.732. The Kier molecular flexibility index (Phi) is 7.62. The summed E-state index contributed by atoms with van der Waals surface area (Å²) in [7, 11) is 0. The van der Waals surface area contributed by atoms with E-state index in [0.29, 0.717) is 17.9 Å². The fourth-order valence-electron chi connectivity index (χ4n) is 4.28. The van der Waals surface area contributed by atoms with Gasteiger partial charge in [-0.15, -0.1) is 0 Å². The Balaban J connectivity index is 1.72. The Hall–Kier alpha value is -2.67. The minimum absolute atomic E-state index is 0.0221. The van der Waals surface area contributed by atoms with E-state index in [2.05, 4.69) is 5.32 Å². The third kappa shape index (κ3) is 6.02. The third-order valence-corrected chi connectivity index (χ3v) is 6.33. The molecule has 0 bridgehead atoms. The Morgan fingerprint density at radius 1 is 1.09 bits per heavy atom. The summed E-state index contributed by atoms with van der Waals surface area (Å²) in [5.74, 6) is -1.61. The van der Waals surface area contributed by atoms with Crippen molar-refractivity contribution in [3.8, 4) is 0 Å². The number of benzene rings is 1. The predicted molar refractivity (Wildman–Crippen MR) is 126 cm³/mol. The second-order valence-electron chi connectivity index (χ2n) is 9.80. The number of fused-ring (bicyclic) bond motifs is 1. The van der Waals surface area contributed by atoms with E-state index in [1.54, 1.807) is 19.1 Å². The molecule has 1 aliphatic carbocycles. The van der Waals surface area contributed by atoms with Crippen LogP contribution in [0.15, 0.2) is 36.4 Å². The van der Waals surface area contributed by atoms with Gasteiger partial charge in [0.2, 0.25) is 23.6 Å². The zero-order valence-corrected chi connectivity index (χ0v) is 20.4. The van der Waals surface area contributed by atoms with E-state index in [9.17, 15) is 19.2 Å². The van der Waals surface area contributed by atoms with Gasteiger partial charge in [-0.3, -0.25) is 24.1 Å². The van der Waals surface area contributed by atoms with E-state index in [4.69, 9.17) is 11.6 Å². The molecule has 3 rings (SSSR count). The van der Waals surface area contributed by atoms with Gasteiger partial charge in [0.25, 0.3) is 0 Å². The lowest BCUT2D eigenvalue weighted by Gasteiger charge is -2.32. The monoisotopic (exact) mass is 473 g/mol. The number of nitrogens with zero attached hydrogens (tertiary/aromatic N) is 2. The van der Waals surface area contributed by atoms with Crippen molar-refractivity contribution in [2.24, 2.45) is 11.8 Å². The molecule has 1 fully saturated rings. The zero-order valence-electron chi connectivity index (χ0n) is 19.6. The molecule has 33 heavy (non-hydrogen) atoms. The smallest absolute Gasteiger partial charge is 0.242 e. The SMILES string of the molecule is C[C@H](C(=O)NC(C)(C)C)N(Cc1ccc(Cl)cc1)C(=O)CCN1C(=O)[C@H]2CC=CC[C@H]2C1=O. The summed E-state index contributed by atoms with van der Waals surface area (Å²) in [6, 6.07) is 6.35. The fraction of sp³-hybridized carbons (Fsp3) is 0.520. The zero-order chi connectivity index (χ0) is 24.3. The first-order valence-corrected chi connectivity index (χ1v) is 11.7. The maximum atomic E-state index is 13.3. The second kappa shape index (κ2) is 10.1. The van der Waals surface area contributed by atoms with Crippen LogP contribution in [-0.2, 0) is 25.7 Å². The molecule has 1 aromatic carbocycles. The molecule has 3 atom stereocenters. The normalized spacial score (nSPS) is 21.1. The predicted octanol–water partition coefficient (Wildman–Crippen LogP) is 3.31. The summed E-state index contributed by atoms with van der Waals surface area (Å²) >= 11 is 5.98. The molecular weight excluding hydrogens is 442 g/mol. The van der Waals surface area contributed by atoms with Gasteiger partial charge in [-0.25, -0.2) is 0 Å². The number of carbonyl (C=O) groups excluding carboxylic acids is 4. The van der Waals surface area contributed by atoms with E-state index >= 15 is 0 Å². The van der Waals surface area contributed by atoms with Crippen molar-refractivity contribution in [2.75, 3.05) is 6.54 Å². The van der Waals surface area contributed by atoms with Crippen molar-refractivity contribution in [3.63, 3.8) is 0 Å². The van der Waals surface area contributed by atoms with E-state index in [-0.39, 0.29) is 55.0 Å². The average Bonchev–Trinajstić information content (AvgIpc) is 3.00. The maximum Gasteiger partial charge on any atom is 0.242 e. The number of likely N-dealkylation sites (tertiary alicyclic amines) is 1. The van der Waals surface area contributed by atoms with Crippen LogP contribution in [0.3, 0.4) is 0 Å². The highest BCUT2D eigenvalue weighted by atomic mass is 35.5. The molecule has 8 heteroatoms. The summed E-state index contributed by atoms with van der Waals surface area (Å²) in [5, 5.41) is 3.50. The van der Waals surface area contributed by atoms with Crippen molar-refractivity contribution in [3.05, 3.63) is 47.0 Å². The van der Waals surface area contributed by atoms with Gasteiger partial charge in [-0.1, -0.05) is 35.9 Å². The Labute approximate surface area is 200 Å². The number of amides is 4. The van der Waals surface area contributed by atoms with Crippen LogP contribution in [0.5, 0.6) is 0 Å². The van der Waals surface area contributed by atoms with Gasteiger partial charge >= 0.3 is 0 Å². The van der Waals surface area contributed by atoms with Crippen LogP contribution in [0.25, 0.3) is 0 Å². The number of halogens is 1. The summed E-state index contributed by atoms with van der Waals surface area (Å²) in [4.78, 5) is 54.3. The van der Waals surface area contributed by atoms with Crippen LogP contribution >= 0.6 is 11.6 Å². The summed E-state index contributed by atoms with van der Waals surface area (Å²) in [5.41, 5.74) is 0.382. The highest BCUT2D eigenvalue weighted by Gasteiger charge is 2.47. The molecule has 1 aliphatic heterocycles. The first-order chi connectivity index (χ1) is 15.5. The number of hydrogen-bond acceptors (Lipinski definition) is 4. The highest BCUT2D eigenvalue weighted by Crippen LogP contribution is 2.35.